The monoisotopic (exact) mass is 820 g/mol. The Morgan fingerprint density at radius 1 is 0.983 bits per heavy atom. The second-order valence-corrected chi connectivity index (χ2v) is 16.4. The summed E-state index contributed by atoms with van der Waals surface area (Å²) in [4.78, 5) is 44.3. The van der Waals surface area contributed by atoms with Gasteiger partial charge >= 0.3 is 0 Å². The van der Waals surface area contributed by atoms with Gasteiger partial charge in [0.05, 0.1) is 47.0 Å². The largest absolute Gasteiger partial charge is 0.489 e. The number of aromatic nitrogens is 4. The minimum atomic E-state index is -1.00. The van der Waals surface area contributed by atoms with Crippen molar-refractivity contribution >= 4 is 45.5 Å². The maximum absolute atomic E-state index is 15.1. The summed E-state index contributed by atoms with van der Waals surface area (Å²) >= 11 is 0. The van der Waals surface area contributed by atoms with Crippen LogP contribution in [0.5, 0.6) is 5.75 Å². The number of carbonyl (C=O) groups is 3. The quantitative estimate of drug-likeness (QED) is 0.163. The molecule has 3 saturated heterocycles. The van der Waals surface area contributed by atoms with E-state index >= 15 is 8.78 Å². The SMILES string of the molecule is N#Cc1cnn2c(C(=O)Nc3cc4cn(C5CCC(N6CCN(CC7CN(c8cc(F)c([C@H]9CCC(=O)NC9=O)c(F)c8)C7)CC6)CC5)nc4cc3OCCO)ccc2c1. The van der Waals surface area contributed by atoms with Gasteiger partial charge in [-0.2, -0.15) is 15.5 Å². The topological polar surface area (TPSA) is 173 Å². The van der Waals surface area contributed by atoms with Gasteiger partial charge in [-0.15, -0.1) is 0 Å². The normalized spacial score (nSPS) is 21.8. The van der Waals surface area contributed by atoms with Crippen molar-refractivity contribution in [3.63, 3.8) is 0 Å². The molecule has 17 heteroatoms. The van der Waals surface area contributed by atoms with Crippen molar-refractivity contribution in [1.29, 1.82) is 5.26 Å². The second-order valence-electron chi connectivity index (χ2n) is 16.4. The number of aliphatic hydroxyl groups is 1. The lowest BCUT2D eigenvalue weighted by molar-refractivity contribution is -0.134. The van der Waals surface area contributed by atoms with Crippen molar-refractivity contribution in [2.45, 2.75) is 56.5 Å². The molecule has 1 aliphatic carbocycles. The van der Waals surface area contributed by atoms with Crippen molar-refractivity contribution in [1.82, 2.24) is 34.5 Å². The number of fused-ring (bicyclic) bond motifs is 2. The van der Waals surface area contributed by atoms with Crippen molar-refractivity contribution in [3.05, 3.63) is 83.3 Å². The van der Waals surface area contributed by atoms with E-state index in [0.717, 1.165) is 69.3 Å². The smallest absolute Gasteiger partial charge is 0.274 e. The number of anilines is 2. The van der Waals surface area contributed by atoms with E-state index in [0.29, 0.717) is 58.9 Å². The first-order valence-corrected chi connectivity index (χ1v) is 20.6. The van der Waals surface area contributed by atoms with Gasteiger partial charge in [0.25, 0.3) is 5.91 Å². The van der Waals surface area contributed by atoms with Crippen LogP contribution in [0.1, 0.15) is 72.1 Å². The van der Waals surface area contributed by atoms with Gasteiger partial charge in [0.1, 0.15) is 35.8 Å². The van der Waals surface area contributed by atoms with Gasteiger partial charge in [-0.1, -0.05) is 0 Å². The van der Waals surface area contributed by atoms with Gasteiger partial charge in [0, 0.05) is 93.1 Å². The molecule has 6 heterocycles. The fourth-order valence-electron chi connectivity index (χ4n) is 9.37. The predicted octanol–water partition coefficient (Wildman–Crippen LogP) is 4.22. The summed E-state index contributed by atoms with van der Waals surface area (Å²) in [5.74, 6) is -3.17. The number of aliphatic hydroxyl groups excluding tert-OH is 1. The van der Waals surface area contributed by atoms with E-state index < -0.39 is 35.3 Å². The number of nitrogens with one attached hydrogen (secondary N) is 2. The summed E-state index contributed by atoms with van der Waals surface area (Å²) in [6, 6.07) is 14.1. The number of imide groups is 1. The van der Waals surface area contributed by atoms with E-state index in [1.54, 1.807) is 24.3 Å². The zero-order valence-electron chi connectivity index (χ0n) is 33.0. The molecule has 3 N–H and O–H groups in total. The third kappa shape index (κ3) is 7.89. The van der Waals surface area contributed by atoms with Gasteiger partial charge in [-0.05, 0) is 68.5 Å². The number of ether oxygens (including phenoxy) is 1. The number of hydrogen-bond acceptors (Lipinski definition) is 11. The summed E-state index contributed by atoms with van der Waals surface area (Å²) in [6.07, 6.45) is 7.70. The van der Waals surface area contributed by atoms with Crippen LogP contribution in [0, 0.1) is 28.9 Å². The summed E-state index contributed by atoms with van der Waals surface area (Å²) in [5, 5.41) is 33.8. The molecule has 4 aliphatic rings. The number of nitrogens with zero attached hydrogens (tertiary/aromatic N) is 8. The molecule has 60 heavy (non-hydrogen) atoms. The first-order chi connectivity index (χ1) is 29.1. The Bertz CT molecular complexity index is 2470. The van der Waals surface area contributed by atoms with Crippen molar-refractivity contribution < 1.29 is 33.0 Å². The van der Waals surface area contributed by atoms with Crippen LogP contribution < -0.4 is 20.3 Å². The zero-order chi connectivity index (χ0) is 41.5. The molecule has 4 fully saturated rings. The minimum Gasteiger partial charge on any atom is -0.489 e. The third-order valence-corrected chi connectivity index (χ3v) is 12.5. The highest BCUT2D eigenvalue weighted by Crippen LogP contribution is 2.37. The molecule has 1 atom stereocenters. The molecule has 1 saturated carbocycles. The number of hydrogen-bond donors (Lipinski definition) is 3. The molecule has 2 aromatic carbocycles. The molecule has 0 spiro atoms. The van der Waals surface area contributed by atoms with Crippen molar-refractivity contribution in [2.75, 3.05) is 69.2 Å². The Balaban J connectivity index is 0.759. The maximum atomic E-state index is 15.1. The number of piperazine rings is 1. The van der Waals surface area contributed by atoms with Crippen LogP contribution in [0.15, 0.2) is 54.9 Å². The molecule has 0 radical (unpaired) electrons. The third-order valence-electron chi connectivity index (χ3n) is 12.5. The Kier molecular flexibility index (Phi) is 10.9. The standard InChI is InChI=1S/C43H46F2N10O5/c44-34-17-32(18-35(45)41(34)33-6-8-40(57)49-42(33)58)53-23-27(24-53)22-51-9-11-52(12-10-51)29-1-3-30(4-2-29)54-25-28-16-37(39(60-14-13-56)19-36(28)50-54)48-43(59)38-7-5-31-15-26(20-46)21-47-55(31)38/h5,7,15-19,21,25,27,29-30,33,56H,1-4,6,8-14,22-24H2,(H,48,59)(H,49,57,58)/t29?,30?,33-/m1/s1. The summed E-state index contributed by atoms with van der Waals surface area (Å²) in [6.45, 7) is 6.17. The average Bonchev–Trinajstić information content (AvgIpc) is 3.86. The Morgan fingerprint density at radius 2 is 1.73 bits per heavy atom. The number of nitriles is 1. The van der Waals surface area contributed by atoms with E-state index in [4.69, 9.17) is 9.84 Å². The van der Waals surface area contributed by atoms with Gasteiger partial charge in [0.15, 0.2) is 0 Å². The highest BCUT2D eigenvalue weighted by molar-refractivity contribution is 6.06. The lowest BCUT2D eigenvalue weighted by Gasteiger charge is -2.46. The molecule has 9 rings (SSSR count). The van der Waals surface area contributed by atoms with Crippen LogP contribution in [0.3, 0.4) is 0 Å². The highest BCUT2D eigenvalue weighted by atomic mass is 19.1. The van der Waals surface area contributed by atoms with Gasteiger partial charge in [-0.3, -0.25) is 29.3 Å². The van der Waals surface area contributed by atoms with Gasteiger partial charge in [-0.25, -0.2) is 13.3 Å². The molecule has 0 bridgehead atoms. The van der Waals surface area contributed by atoms with Gasteiger partial charge in [0.2, 0.25) is 11.8 Å². The lowest BCUT2D eigenvalue weighted by atomic mass is 9.89. The average molecular weight is 821 g/mol. The van der Waals surface area contributed by atoms with Crippen LogP contribution >= 0.6 is 0 Å². The lowest BCUT2D eigenvalue weighted by Crippen LogP contribution is -2.56. The first kappa shape index (κ1) is 39.5. The molecular formula is C43H46F2N10O5. The summed E-state index contributed by atoms with van der Waals surface area (Å²) < 4.78 is 39.6. The number of benzene rings is 2. The van der Waals surface area contributed by atoms with Crippen LogP contribution in [0.4, 0.5) is 20.2 Å². The fourth-order valence-corrected chi connectivity index (χ4v) is 9.37. The number of amides is 3. The van der Waals surface area contributed by atoms with E-state index in [-0.39, 0.29) is 37.7 Å². The van der Waals surface area contributed by atoms with Crippen LogP contribution in [-0.4, -0.2) is 117 Å². The molecule has 3 amide bonds. The molecule has 5 aromatic rings. The van der Waals surface area contributed by atoms with E-state index in [2.05, 4.69) is 31.6 Å². The van der Waals surface area contributed by atoms with E-state index in [1.807, 2.05) is 21.8 Å². The molecule has 3 aromatic heterocycles. The fraction of sp³-hybridized carbons (Fsp3) is 0.442. The van der Waals surface area contributed by atoms with Crippen molar-refractivity contribution in [3.8, 4) is 11.8 Å². The first-order valence-electron chi connectivity index (χ1n) is 20.6. The van der Waals surface area contributed by atoms with Crippen LogP contribution in [0.2, 0.25) is 0 Å². The molecule has 0 unspecified atom stereocenters. The zero-order valence-corrected chi connectivity index (χ0v) is 33.0. The summed E-state index contributed by atoms with van der Waals surface area (Å²) in [5.41, 5.74) is 2.71. The Hall–Kier alpha value is -5.96. The maximum Gasteiger partial charge on any atom is 0.274 e. The highest BCUT2D eigenvalue weighted by Gasteiger charge is 2.36. The predicted molar refractivity (Wildman–Crippen MR) is 217 cm³/mol. The van der Waals surface area contributed by atoms with Gasteiger partial charge < -0.3 is 25.0 Å². The molecule has 312 valence electrons. The molecular weight excluding hydrogens is 775 g/mol. The summed E-state index contributed by atoms with van der Waals surface area (Å²) in [7, 11) is 0. The number of halogens is 2. The van der Waals surface area contributed by atoms with Crippen LogP contribution in [-0.2, 0) is 9.59 Å². The number of piperidine rings is 1. The molecule has 15 nitrogen and oxygen atoms in total. The van der Waals surface area contributed by atoms with E-state index in [1.165, 1.54) is 22.8 Å². The number of rotatable bonds is 11. The second kappa shape index (κ2) is 16.6. The minimum absolute atomic E-state index is 0.0512. The van der Waals surface area contributed by atoms with Crippen molar-refractivity contribution in [2.24, 2.45) is 5.92 Å². The van der Waals surface area contributed by atoms with E-state index in [9.17, 15) is 24.8 Å². The Labute approximate surface area is 344 Å². The molecule has 3 aliphatic heterocycles. The number of carbonyl (C=O) groups excluding carboxylic acids is 3. The Morgan fingerprint density at radius 3 is 2.45 bits per heavy atom. The van der Waals surface area contributed by atoms with Crippen LogP contribution in [0.25, 0.3) is 16.4 Å².